The number of ether oxygens (including phenoxy) is 1. The van der Waals surface area contributed by atoms with Gasteiger partial charge in [-0.2, -0.15) is 5.10 Å². The maximum atomic E-state index is 12.0. The molecule has 0 unspecified atom stereocenters. The van der Waals surface area contributed by atoms with Crippen LogP contribution in [0.5, 0.6) is 0 Å². The lowest BCUT2D eigenvalue weighted by molar-refractivity contribution is -0.000387. The van der Waals surface area contributed by atoms with Gasteiger partial charge in [-0.05, 0) is 51.8 Å². The molecule has 6 heteroatoms. The zero-order chi connectivity index (χ0) is 19.1. The van der Waals surface area contributed by atoms with Gasteiger partial charge in [-0.1, -0.05) is 12.1 Å². The summed E-state index contributed by atoms with van der Waals surface area (Å²) in [6.45, 7) is 10.3. The molecule has 1 aromatic carbocycles. The topological polar surface area (TPSA) is 64.4 Å². The molecule has 1 aliphatic rings. The monoisotopic (exact) mass is 355 g/mol. The molecule has 2 aromatic rings. The van der Waals surface area contributed by atoms with Crippen molar-refractivity contribution in [3.05, 3.63) is 41.7 Å². The molecule has 1 aromatic heterocycles. The number of aromatic nitrogens is 2. The van der Waals surface area contributed by atoms with Crippen LogP contribution in [0.15, 0.2) is 30.6 Å². The molecule has 0 aliphatic carbocycles. The number of Topliss-reactive ketones (excluding diaryl/α,β-unsaturated/α-hetero) is 1. The number of ketones is 1. The molecule has 3 rings (SSSR count). The molecule has 1 saturated heterocycles. The third-order valence-corrected chi connectivity index (χ3v) is 4.43. The minimum Gasteiger partial charge on any atom is -0.444 e. The van der Waals surface area contributed by atoms with Crippen LogP contribution in [0.25, 0.3) is 11.1 Å². The summed E-state index contributed by atoms with van der Waals surface area (Å²) >= 11 is 0. The summed E-state index contributed by atoms with van der Waals surface area (Å²) in [4.78, 5) is 25.2. The average molecular weight is 355 g/mol. The summed E-state index contributed by atoms with van der Waals surface area (Å²) in [5, 5.41) is 4.45. The summed E-state index contributed by atoms with van der Waals surface area (Å²) in [6.07, 6.45) is 3.54. The van der Waals surface area contributed by atoms with Crippen LogP contribution >= 0.6 is 0 Å². The fraction of sp³-hybridized carbons (Fsp3) is 0.450. The van der Waals surface area contributed by atoms with Gasteiger partial charge in [-0.15, -0.1) is 0 Å². The van der Waals surface area contributed by atoms with Gasteiger partial charge in [0.2, 0.25) is 0 Å². The second kappa shape index (κ2) is 6.59. The van der Waals surface area contributed by atoms with E-state index in [-0.39, 0.29) is 17.9 Å². The molecule has 2 heterocycles. The van der Waals surface area contributed by atoms with Crippen LogP contribution in [0.4, 0.5) is 4.79 Å². The van der Waals surface area contributed by atoms with Crippen LogP contribution in [0, 0.1) is 6.92 Å². The van der Waals surface area contributed by atoms with Gasteiger partial charge in [-0.3, -0.25) is 9.48 Å². The number of benzene rings is 1. The fourth-order valence-corrected chi connectivity index (χ4v) is 2.98. The second-order valence-electron chi connectivity index (χ2n) is 7.83. The SMILES string of the molecule is CC(=O)c1ccc(-c2cnn(C3CN(C(=O)OC(C)(C)C)C3)c2)c(C)c1. The normalized spacial score (nSPS) is 14.9. The molecule has 0 bridgehead atoms. The lowest BCUT2D eigenvalue weighted by Gasteiger charge is -2.39. The molecule has 0 saturated carbocycles. The summed E-state index contributed by atoms with van der Waals surface area (Å²) in [5.74, 6) is 0.0621. The minimum absolute atomic E-state index is 0.0621. The summed E-state index contributed by atoms with van der Waals surface area (Å²) < 4.78 is 7.27. The summed E-state index contributed by atoms with van der Waals surface area (Å²) in [7, 11) is 0. The number of carbonyl (C=O) groups is 2. The third kappa shape index (κ3) is 3.79. The van der Waals surface area contributed by atoms with E-state index in [1.165, 1.54) is 0 Å². The Balaban J connectivity index is 1.67. The maximum absolute atomic E-state index is 12.0. The van der Waals surface area contributed by atoms with Crippen molar-refractivity contribution in [2.24, 2.45) is 0 Å². The van der Waals surface area contributed by atoms with Crippen LogP contribution in [-0.2, 0) is 4.74 Å². The molecule has 6 nitrogen and oxygen atoms in total. The standard InChI is InChI=1S/C20H25N3O3/c1-13-8-15(14(2)24)6-7-18(13)16-9-21-23(10-16)17-11-22(12-17)19(25)26-20(3,4)5/h6-10,17H,11-12H2,1-5H3. The quantitative estimate of drug-likeness (QED) is 0.785. The highest BCUT2D eigenvalue weighted by Crippen LogP contribution is 2.28. The zero-order valence-corrected chi connectivity index (χ0v) is 15.9. The van der Waals surface area contributed by atoms with E-state index in [4.69, 9.17) is 4.74 Å². The van der Waals surface area contributed by atoms with Crippen molar-refractivity contribution < 1.29 is 14.3 Å². The Labute approximate surface area is 153 Å². The average Bonchev–Trinajstić information content (AvgIpc) is 2.92. The highest BCUT2D eigenvalue weighted by molar-refractivity contribution is 5.94. The zero-order valence-electron chi connectivity index (χ0n) is 15.9. The van der Waals surface area contributed by atoms with Crippen molar-refractivity contribution in [1.29, 1.82) is 0 Å². The maximum Gasteiger partial charge on any atom is 0.410 e. The Morgan fingerprint density at radius 3 is 2.50 bits per heavy atom. The number of hydrogen-bond acceptors (Lipinski definition) is 4. The molecule has 26 heavy (non-hydrogen) atoms. The largest absolute Gasteiger partial charge is 0.444 e. The van der Waals surface area contributed by atoms with E-state index in [0.717, 1.165) is 16.7 Å². The number of carbonyl (C=O) groups excluding carboxylic acids is 2. The third-order valence-electron chi connectivity index (χ3n) is 4.43. The molecule has 1 fully saturated rings. The van der Waals surface area contributed by atoms with E-state index >= 15 is 0 Å². The van der Waals surface area contributed by atoms with Gasteiger partial charge >= 0.3 is 6.09 Å². The lowest BCUT2D eigenvalue weighted by atomic mass is 9.99. The van der Waals surface area contributed by atoms with E-state index < -0.39 is 5.60 Å². The Morgan fingerprint density at radius 2 is 1.92 bits per heavy atom. The van der Waals surface area contributed by atoms with Crippen molar-refractivity contribution in [1.82, 2.24) is 14.7 Å². The first-order chi connectivity index (χ1) is 12.1. The first kappa shape index (κ1) is 18.2. The molecular weight excluding hydrogens is 330 g/mol. The predicted molar refractivity (Wildman–Crippen MR) is 99.2 cm³/mol. The van der Waals surface area contributed by atoms with E-state index in [1.54, 1.807) is 11.8 Å². The fourth-order valence-electron chi connectivity index (χ4n) is 2.98. The number of hydrogen-bond donors (Lipinski definition) is 0. The van der Waals surface area contributed by atoms with E-state index in [9.17, 15) is 9.59 Å². The first-order valence-electron chi connectivity index (χ1n) is 8.78. The molecule has 0 radical (unpaired) electrons. The Hall–Kier alpha value is -2.63. The molecule has 0 N–H and O–H groups in total. The van der Waals surface area contributed by atoms with Crippen LogP contribution in [0.3, 0.4) is 0 Å². The number of rotatable bonds is 3. The van der Waals surface area contributed by atoms with Crippen molar-refractivity contribution in [2.75, 3.05) is 13.1 Å². The van der Waals surface area contributed by atoms with Crippen LogP contribution in [0.1, 0.15) is 49.7 Å². The second-order valence-corrected chi connectivity index (χ2v) is 7.83. The molecular formula is C20H25N3O3. The Kier molecular flexibility index (Phi) is 4.61. The van der Waals surface area contributed by atoms with Gasteiger partial charge in [0, 0.05) is 30.4 Å². The Bertz CT molecular complexity index is 842. The van der Waals surface area contributed by atoms with Crippen LogP contribution in [-0.4, -0.2) is 45.2 Å². The van der Waals surface area contributed by atoms with E-state index in [1.807, 2.05) is 63.0 Å². The summed E-state index contributed by atoms with van der Waals surface area (Å²) in [6, 6.07) is 5.87. The van der Waals surface area contributed by atoms with E-state index in [2.05, 4.69) is 5.10 Å². The minimum atomic E-state index is -0.482. The van der Waals surface area contributed by atoms with Gasteiger partial charge in [0.15, 0.2) is 5.78 Å². The number of aryl methyl sites for hydroxylation is 1. The predicted octanol–water partition coefficient (Wildman–Crippen LogP) is 3.85. The first-order valence-corrected chi connectivity index (χ1v) is 8.78. The van der Waals surface area contributed by atoms with Crippen molar-refractivity contribution in [3.63, 3.8) is 0 Å². The smallest absolute Gasteiger partial charge is 0.410 e. The molecule has 1 amide bonds. The van der Waals surface area contributed by atoms with Crippen molar-refractivity contribution >= 4 is 11.9 Å². The van der Waals surface area contributed by atoms with Crippen molar-refractivity contribution in [2.45, 2.75) is 46.3 Å². The summed E-state index contributed by atoms with van der Waals surface area (Å²) in [5.41, 5.74) is 3.34. The van der Waals surface area contributed by atoms with Gasteiger partial charge < -0.3 is 9.64 Å². The van der Waals surface area contributed by atoms with Crippen molar-refractivity contribution in [3.8, 4) is 11.1 Å². The molecule has 0 atom stereocenters. The lowest BCUT2D eigenvalue weighted by Crippen LogP contribution is -2.52. The van der Waals surface area contributed by atoms with Gasteiger partial charge in [0.25, 0.3) is 0 Å². The van der Waals surface area contributed by atoms with Crippen LogP contribution in [0.2, 0.25) is 0 Å². The van der Waals surface area contributed by atoms with Gasteiger partial charge in [-0.25, -0.2) is 4.79 Å². The van der Waals surface area contributed by atoms with E-state index in [0.29, 0.717) is 18.7 Å². The highest BCUT2D eigenvalue weighted by atomic mass is 16.6. The number of amides is 1. The molecule has 138 valence electrons. The Morgan fingerprint density at radius 1 is 1.23 bits per heavy atom. The van der Waals surface area contributed by atoms with Gasteiger partial charge in [0.05, 0.1) is 12.2 Å². The molecule has 0 spiro atoms. The highest BCUT2D eigenvalue weighted by Gasteiger charge is 2.35. The van der Waals surface area contributed by atoms with Gasteiger partial charge in [0.1, 0.15) is 5.60 Å². The number of likely N-dealkylation sites (tertiary alicyclic amines) is 1. The molecule has 1 aliphatic heterocycles. The number of nitrogens with zero attached hydrogens (tertiary/aromatic N) is 3. The van der Waals surface area contributed by atoms with Crippen LogP contribution < -0.4 is 0 Å².